The fraction of sp³-hybridized carbons (Fsp3) is 0.462. The summed E-state index contributed by atoms with van der Waals surface area (Å²) in [5, 5.41) is 3.13. The molecule has 0 spiro atoms. The van der Waals surface area contributed by atoms with E-state index in [4.69, 9.17) is 5.73 Å². The number of fused-ring (bicyclic) bond motifs is 1. The van der Waals surface area contributed by atoms with Crippen molar-refractivity contribution in [2.75, 3.05) is 7.05 Å². The summed E-state index contributed by atoms with van der Waals surface area (Å²) in [5.41, 5.74) is 9.13. The van der Waals surface area contributed by atoms with E-state index in [0.29, 0.717) is 0 Å². The summed E-state index contributed by atoms with van der Waals surface area (Å²) in [4.78, 5) is 11.3. The molecule has 16 heavy (non-hydrogen) atoms. The van der Waals surface area contributed by atoms with Gasteiger partial charge in [0, 0.05) is 6.54 Å². The van der Waals surface area contributed by atoms with Crippen LogP contribution in [-0.4, -0.2) is 13.0 Å². The van der Waals surface area contributed by atoms with E-state index < -0.39 is 0 Å². The number of carbonyl (C=O) groups excluding carboxylic acids is 1. The Morgan fingerprint density at radius 2 is 2.38 bits per heavy atom. The number of aryl methyl sites for hydroxylation is 1. The zero-order valence-corrected chi connectivity index (χ0v) is 9.62. The quantitative estimate of drug-likeness (QED) is 0.803. The lowest BCUT2D eigenvalue weighted by Gasteiger charge is -2.23. The van der Waals surface area contributed by atoms with Crippen molar-refractivity contribution in [1.82, 2.24) is 5.32 Å². The highest BCUT2D eigenvalue weighted by atomic mass is 16.1. The smallest absolute Gasteiger partial charge is 0.224 e. The van der Waals surface area contributed by atoms with Gasteiger partial charge in [-0.3, -0.25) is 4.79 Å². The molecule has 0 bridgehead atoms. The van der Waals surface area contributed by atoms with E-state index in [1.54, 1.807) is 0 Å². The minimum Gasteiger partial charge on any atom is -0.369 e. The second-order valence-electron chi connectivity index (χ2n) is 4.41. The number of rotatable bonds is 3. The topological polar surface area (TPSA) is 55.1 Å². The number of nitrogens with two attached hydrogens (primary N) is 1. The van der Waals surface area contributed by atoms with Gasteiger partial charge < -0.3 is 11.1 Å². The summed E-state index contributed by atoms with van der Waals surface area (Å²) in [6.07, 6.45) is 3.02. The Balaban J connectivity index is 2.33. The Labute approximate surface area is 96.0 Å². The third-order valence-corrected chi connectivity index (χ3v) is 3.25. The van der Waals surface area contributed by atoms with Crippen LogP contribution in [0.15, 0.2) is 18.2 Å². The number of benzene rings is 1. The Hall–Kier alpha value is -1.35. The lowest BCUT2D eigenvalue weighted by Crippen LogP contribution is -2.25. The molecule has 0 fully saturated rings. The number of hydrogen-bond donors (Lipinski definition) is 2. The number of nitrogens with one attached hydrogen (secondary N) is 1. The van der Waals surface area contributed by atoms with Gasteiger partial charge in [-0.2, -0.15) is 0 Å². The number of amides is 1. The second kappa shape index (κ2) is 4.66. The van der Waals surface area contributed by atoms with Crippen LogP contribution in [0.5, 0.6) is 0 Å². The summed E-state index contributed by atoms with van der Waals surface area (Å²) in [6, 6.07) is 6.34. The van der Waals surface area contributed by atoms with Gasteiger partial charge in [0.25, 0.3) is 0 Å². The molecule has 1 aromatic rings. The molecule has 3 N–H and O–H groups in total. The van der Waals surface area contributed by atoms with Crippen molar-refractivity contribution < 1.29 is 4.79 Å². The first kappa shape index (κ1) is 11.1. The maximum absolute atomic E-state index is 11.3. The molecule has 0 aromatic heterocycles. The molecular formula is C13H18N2O. The lowest BCUT2D eigenvalue weighted by molar-refractivity contribution is -0.119. The van der Waals surface area contributed by atoms with E-state index in [0.717, 1.165) is 31.4 Å². The number of primary amides is 1. The minimum atomic E-state index is -0.192. The highest BCUT2D eigenvalue weighted by molar-refractivity contribution is 5.82. The number of hydrogen-bond acceptors (Lipinski definition) is 2. The van der Waals surface area contributed by atoms with E-state index in [9.17, 15) is 4.79 Å². The predicted molar refractivity (Wildman–Crippen MR) is 64.1 cm³/mol. The van der Waals surface area contributed by atoms with Crippen molar-refractivity contribution in [3.8, 4) is 0 Å². The largest absolute Gasteiger partial charge is 0.369 e. The third kappa shape index (κ3) is 2.09. The first-order chi connectivity index (χ1) is 7.72. The Morgan fingerprint density at radius 1 is 1.56 bits per heavy atom. The van der Waals surface area contributed by atoms with Crippen LogP contribution in [0.2, 0.25) is 0 Å². The molecule has 0 radical (unpaired) electrons. The molecule has 1 unspecified atom stereocenters. The average Bonchev–Trinajstić information content (AvgIpc) is 2.28. The fourth-order valence-electron chi connectivity index (χ4n) is 2.48. The fourth-order valence-corrected chi connectivity index (χ4v) is 2.48. The van der Waals surface area contributed by atoms with Crippen LogP contribution in [0.25, 0.3) is 0 Å². The second-order valence-corrected chi connectivity index (χ2v) is 4.41. The molecule has 3 heteroatoms. The maximum atomic E-state index is 11.3. The van der Waals surface area contributed by atoms with Gasteiger partial charge in [-0.1, -0.05) is 18.2 Å². The van der Waals surface area contributed by atoms with E-state index in [-0.39, 0.29) is 11.8 Å². The van der Waals surface area contributed by atoms with Crippen molar-refractivity contribution in [2.24, 2.45) is 5.73 Å². The highest BCUT2D eigenvalue weighted by Gasteiger charge is 2.24. The summed E-state index contributed by atoms with van der Waals surface area (Å²) in [6.45, 7) is 0.870. The molecule has 1 aliphatic rings. The average molecular weight is 218 g/mol. The molecule has 0 heterocycles. The van der Waals surface area contributed by atoms with Crippen LogP contribution >= 0.6 is 0 Å². The van der Waals surface area contributed by atoms with Gasteiger partial charge >= 0.3 is 0 Å². The van der Waals surface area contributed by atoms with Crippen LogP contribution < -0.4 is 11.1 Å². The Bertz CT molecular complexity index is 401. The van der Waals surface area contributed by atoms with Crippen LogP contribution in [0.3, 0.4) is 0 Å². The molecule has 86 valence electrons. The molecular weight excluding hydrogens is 200 g/mol. The van der Waals surface area contributed by atoms with Gasteiger partial charge in [-0.15, -0.1) is 0 Å². The van der Waals surface area contributed by atoms with Crippen molar-refractivity contribution in [3.63, 3.8) is 0 Å². The van der Waals surface area contributed by atoms with Gasteiger partial charge in [0.15, 0.2) is 0 Å². The van der Waals surface area contributed by atoms with Gasteiger partial charge in [-0.25, -0.2) is 0 Å². The predicted octanol–water partition coefficient (Wildman–Crippen LogP) is 1.31. The monoisotopic (exact) mass is 218 g/mol. The summed E-state index contributed by atoms with van der Waals surface area (Å²) in [7, 11) is 1.94. The Kier molecular flexibility index (Phi) is 3.25. The summed E-state index contributed by atoms with van der Waals surface area (Å²) in [5.74, 6) is -0.269. The summed E-state index contributed by atoms with van der Waals surface area (Å²) >= 11 is 0. The van der Waals surface area contributed by atoms with Crippen LogP contribution in [0, 0.1) is 0 Å². The van der Waals surface area contributed by atoms with Crippen LogP contribution in [0.1, 0.15) is 35.4 Å². The number of carbonyl (C=O) groups is 1. The van der Waals surface area contributed by atoms with E-state index in [1.165, 1.54) is 11.1 Å². The molecule has 3 nitrogen and oxygen atoms in total. The third-order valence-electron chi connectivity index (χ3n) is 3.25. The first-order valence-electron chi connectivity index (χ1n) is 5.78. The zero-order valence-electron chi connectivity index (χ0n) is 9.62. The zero-order chi connectivity index (χ0) is 11.5. The van der Waals surface area contributed by atoms with E-state index in [2.05, 4.69) is 23.5 Å². The molecule has 1 amide bonds. The molecule has 1 aliphatic carbocycles. The van der Waals surface area contributed by atoms with Crippen molar-refractivity contribution in [3.05, 3.63) is 34.9 Å². The van der Waals surface area contributed by atoms with Gasteiger partial charge in [-0.05, 0) is 43.0 Å². The van der Waals surface area contributed by atoms with E-state index >= 15 is 0 Å². The maximum Gasteiger partial charge on any atom is 0.224 e. The molecule has 2 rings (SSSR count). The highest BCUT2D eigenvalue weighted by Crippen LogP contribution is 2.31. The van der Waals surface area contributed by atoms with Gasteiger partial charge in [0.1, 0.15) is 0 Å². The standard InChI is InChI=1S/C13H18N2O/c1-15-8-9-5-6-11-10(7-9)3-2-4-12(11)13(14)16/h5-7,12,15H,2-4,8H2,1H3,(H2,14,16). The lowest BCUT2D eigenvalue weighted by atomic mass is 9.82. The molecule has 0 saturated carbocycles. The summed E-state index contributed by atoms with van der Waals surface area (Å²) < 4.78 is 0. The van der Waals surface area contributed by atoms with Crippen LogP contribution in [0.4, 0.5) is 0 Å². The normalized spacial score (nSPS) is 19.2. The van der Waals surface area contributed by atoms with Crippen molar-refractivity contribution >= 4 is 5.91 Å². The Morgan fingerprint density at radius 3 is 3.06 bits per heavy atom. The SMILES string of the molecule is CNCc1ccc2c(c1)CCCC2C(N)=O. The first-order valence-corrected chi connectivity index (χ1v) is 5.78. The van der Waals surface area contributed by atoms with Crippen molar-refractivity contribution in [1.29, 1.82) is 0 Å². The van der Waals surface area contributed by atoms with Gasteiger partial charge in [0.05, 0.1) is 5.92 Å². The van der Waals surface area contributed by atoms with Gasteiger partial charge in [0.2, 0.25) is 5.91 Å². The van der Waals surface area contributed by atoms with E-state index in [1.807, 2.05) is 7.05 Å². The van der Waals surface area contributed by atoms with Crippen LogP contribution in [-0.2, 0) is 17.8 Å². The molecule has 1 aromatic carbocycles. The molecule has 0 aliphatic heterocycles. The minimum absolute atomic E-state index is 0.0765. The molecule has 0 saturated heterocycles. The molecule has 1 atom stereocenters. The van der Waals surface area contributed by atoms with Crippen molar-refractivity contribution in [2.45, 2.75) is 31.7 Å².